The lowest BCUT2D eigenvalue weighted by Crippen LogP contribution is -2.53. The Morgan fingerprint density at radius 3 is 2.29 bits per heavy atom. The maximum Gasteiger partial charge on any atom is 0.408 e. The number of nitrogens with zero attached hydrogens (tertiary/aromatic N) is 1. The number of benzene rings is 2. The third kappa shape index (κ3) is 8.65. The van der Waals surface area contributed by atoms with Gasteiger partial charge < -0.3 is 30.7 Å². The zero-order valence-electron chi connectivity index (χ0n) is 22.4. The maximum absolute atomic E-state index is 13.8. The van der Waals surface area contributed by atoms with Crippen LogP contribution in [0.3, 0.4) is 0 Å². The molecule has 10 nitrogen and oxygen atoms in total. The molecule has 0 spiro atoms. The molecule has 2 aromatic carbocycles. The molecule has 0 bridgehead atoms. The minimum atomic E-state index is -1.35. The van der Waals surface area contributed by atoms with Gasteiger partial charge in [0.25, 0.3) is 5.91 Å². The third-order valence-corrected chi connectivity index (χ3v) is 5.40. The lowest BCUT2D eigenvalue weighted by atomic mass is 10.00. The van der Waals surface area contributed by atoms with Crippen molar-refractivity contribution in [3.63, 3.8) is 0 Å². The fourth-order valence-corrected chi connectivity index (χ4v) is 3.73. The second kappa shape index (κ2) is 13.3. The van der Waals surface area contributed by atoms with Crippen molar-refractivity contribution in [1.82, 2.24) is 10.2 Å². The van der Waals surface area contributed by atoms with E-state index in [-0.39, 0.29) is 6.54 Å². The number of hydrogen-bond donors (Lipinski definition) is 3. The first-order valence-electron chi connectivity index (χ1n) is 12.1. The fraction of sp³-hybridized carbons (Fsp3) is 0.357. The van der Waals surface area contributed by atoms with Crippen molar-refractivity contribution in [2.45, 2.75) is 51.8 Å². The number of hydrogen-bond acceptors (Lipinski definition) is 6. The third-order valence-electron chi connectivity index (χ3n) is 5.40. The van der Waals surface area contributed by atoms with Gasteiger partial charge in [-0.3, -0.25) is 14.4 Å². The number of amides is 4. The van der Waals surface area contributed by atoms with Crippen LogP contribution in [0, 0.1) is 0 Å². The Balaban J connectivity index is 2.48. The zero-order valence-corrected chi connectivity index (χ0v) is 22.4. The molecule has 2 unspecified atom stereocenters. The molecule has 0 heterocycles. The minimum absolute atomic E-state index is 0.0864. The molecule has 2 atom stereocenters. The largest absolute Gasteiger partial charge is 0.497 e. The molecule has 0 aliphatic carbocycles. The molecule has 10 heteroatoms. The number of carbonyl (C=O) groups is 4. The Morgan fingerprint density at radius 2 is 1.76 bits per heavy atom. The summed E-state index contributed by atoms with van der Waals surface area (Å²) >= 11 is 0. The van der Waals surface area contributed by atoms with Crippen LogP contribution in [0.4, 0.5) is 10.5 Å². The molecule has 0 aromatic heterocycles. The summed E-state index contributed by atoms with van der Waals surface area (Å²) in [6.45, 7) is 10.6. The first-order valence-corrected chi connectivity index (χ1v) is 12.1. The Hall–Kier alpha value is -4.34. The van der Waals surface area contributed by atoms with Crippen molar-refractivity contribution < 1.29 is 28.7 Å². The van der Waals surface area contributed by atoms with Gasteiger partial charge in [0.2, 0.25) is 11.8 Å². The van der Waals surface area contributed by atoms with Crippen molar-refractivity contribution in [3.8, 4) is 5.75 Å². The standard InChI is InChI=1S/C28H36N4O6/c1-7-18-10-9-11-19(16-18)24(25(34)30-20-12-14-21(37-6)15-13-20)32(8-2)26(35)22(17-23(29)33)31-27(36)38-28(3,4)5/h7,9-16,22,24H,1,8,17H2,2-6H3,(H2,29,33)(H,30,34)(H,31,36). The van der Waals surface area contributed by atoms with E-state index in [1.165, 1.54) is 12.0 Å². The Labute approximate surface area is 223 Å². The monoisotopic (exact) mass is 524 g/mol. The van der Waals surface area contributed by atoms with Gasteiger partial charge in [-0.05, 0) is 69.2 Å². The smallest absolute Gasteiger partial charge is 0.408 e. The number of carbonyl (C=O) groups excluding carboxylic acids is 4. The predicted molar refractivity (Wildman–Crippen MR) is 145 cm³/mol. The molecule has 2 rings (SSSR count). The molecule has 0 radical (unpaired) electrons. The van der Waals surface area contributed by atoms with Crippen molar-refractivity contribution in [2.75, 3.05) is 19.0 Å². The van der Waals surface area contributed by atoms with E-state index in [2.05, 4.69) is 17.2 Å². The number of nitrogens with two attached hydrogens (primary N) is 1. The summed E-state index contributed by atoms with van der Waals surface area (Å²) in [5, 5.41) is 5.27. The van der Waals surface area contributed by atoms with Gasteiger partial charge in [-0.1, -0.05) is 30.9 Å². The van der Waals surface area contributed by atoms with Crippen LogP contribution < -0.4 is 21.1 Å². The quantitative estimate of drug-likeness (QED) is 0.410. The van der Waals surface area contributed by atoms with Crippen LogP contribution in [-0.4, -0.2) is 54.0 Å². The lowest BCUT2D eigenvalue weighted by molar-refractivity contribution is -0.141. The number of nitrogens with one attached hydrogen (secondary N) is 2. The summed E-state index contributed by atoms with van der Waals surface area (Å²) in [5.41, 5.74) is 6.30. The molecule has 4 N–H and O–H groups in total. The lowest BCUT2D eigenvalue weighted by Gasteiger charge is -2.33. The van der Waals surface area contributed by atoms with E-state index in [4.69, 9.17) is 15.2 Å². The molecule has 0 aliphatic rings. The Morgan fingerprint density at radius 1 is 1.11 bits per heavy atom. The summed E-state index contributed by atoms with van der Waals surface area (Å²) in [5.74, 6) is -1.35. The normalized spacial score (nSPS) is 12.4. The first-order chi connectivity index (χ1) is 17.9. The SMILES string of the molecule is C=Cc1cccc(C(C(=O)Nc2ccc(OC)cc2)N(CC)C(=O)C(CC(N)=O)NC(=O)OC(C)(C)C)c1. The van der Waals surface area contributed by atoms with Gasteiger partial charge in [0.15, 0.2) is 0 Å². The number of anilines is 1. The van der Waals surface area contributed by atoms with Gasteiger partial charge in [0.05, 0.1) is 13.5 Å². The highest BCUT2D eigenvalue weighted by Gasteiger charge is 2.36. The number of likely N-dealkylation sites (N-methyl/N-ethyl adjacent to an activating group) is 1. The van der Waals surface area contributed by atoms with E-state index < -0.39 is 47.9 Å². The molecule has 204 valence electrons. The highest BCUT2D eigenvalue weighted by molar-refractivity contribution is 5.99. The van der Waals surface area contributed by atoms with E-state index in [0.717, 1.165) is 5.56 Å². The van der Waals surface area contributed by atoms with E-state index >= 15 is 0 Å². The average Bonchev–Trinajstić information content (AvgIpc) is 2.85. The number of ether oxygens (including phenoxy) is 2. The second-order valence-corrected chi connectivity index (χ2v) is 9.49. The van der Waals surface area contributed by atoms with E-state index in [0.29, 0.717) is 17.0 Å². The van der Waals surface area contributed by atoms with Crippen LogP contribution >= 0.6 is 0 Å². The first kappa shape index (κ1) is 29.9. The van der Waals surface area contributed by atoms with E-state index in [9.17, 15) is 19.2 Å². The van der Waals surface area contributed by atoms with Crippen LogP contribution in [-0.2, 0) is 19.1 Å². The molecular weight excluding hydrogens is 488 g/mol. The molecule has 0 aliphatic heterocycles. The number of primary amides is 1. The summed E-state index contributed by atoms with van der Waals surface area (Å²) in [7, 11) is 1.54. The van der Waals surface area contributed by atoms with Gasteiger partial charge in [-0.2, -0.15) is 0 Å². The van der Waals surface area contributed by atoms with Crippen LogP contribution in [0.25, 0.3) is 6.08 Å². The average molecular weight is 525 g/mol. The Bertz CT molecular complexity index is 1160. The van der Waals surface area contributed by atoms with Gasteiger partial charge in [0, 0.05) is 12.2 Å². The number of alkyl carbamates (subject to hydrolysis) is 1. The van der Waals surface area contributed by atoms with Crippen molar-refractivity contribution >= 4 is 35.6 Å². The molecule has 2 aromatic rings. The fourth-order valence-electron chi connectivity index (χ4n) is 3.73. The molecule has 0 saturated carbocycles. The van der Waals surface area contributed by atoms with Crippen LogP contribution in [0.2, 0.25) is 0 Å². The highest BCUT2D eigenvalue weighted by Crippen LogP contribution is 2.26. The van der Waals surface area contributed by atoms with Gasteiger partial charge >= 0.3 is 6.09 Å². The number of methoxy groups -OCH3 is 1. The van der Waals surface area contributed by atoms with Crippen LogP contribution in [0.15, 0.2) is 55.1 Å². The van der Waals surface area contributed by atoms with Crippen molar-refractivity contribution in [1.29, 1.82) is 0 Å². The van der Waals surface area contributed by atoms with Gasteiger partial charge in [-0.25, -0.2) is 4.79 Å². The van der Waals surface area contributed by atoms with Crippen molar-refractivity contribution in [2.24, 2.45) is 5.73 Å². The van der Waals surface area contributed by atoms with Crippen LogP contribution in [0.5, 0.6) is 5.75 Å². The zero-order chi connectivity index (χ0) is 28.5. The summed E-state index contributed by atoms with van der Waals surface area (Å²) < 4.78 is 10.4. The summed E-state index contributed by atoms with van der Waals surface area (Å²) in [6, 6.07) is 11.3. The molecule has 0 saturated heterocycles. The molecule has 4 amide bonds. The predicted octanol–water partition coefficient (Wildman–Crippen LogP) is 3.64. The van der Waals surface area contributed by atoms with Gasteiger partial charge in [-0.15, -0.1) is 0 Å². The molecule has 0 fully saturated rings. The highest BCUT2D eigenvalue weighted by atomic mass is 16.6. The van der Waals surface area contributed by atoms with E-state index in [1.807, 2.05) is 6.07 Å². The topological polar surface area (TPSA) is 140 Å². The van der Waals surface area contributed by atoms with Crippen LogP contribution in [0.1, 0.15) is 51.3 Å². The minimum Gasteiger partial charge on any atom is -0.497 e. The van der Waals surface area contributed by atoms with E-state index in [1.54, 1.807) is 76.2 Å². The Kier molecular flexibility index (Phi) is 10.4. The second-order valence-electron chi connectivity index (χ2n) is 9.49. The molecular formula is C28H36N4O6. The molecule has 38 heavy (non-hydrogen) atoms. The summed E-state index contributed by atoms with van der Waals surface area (Å²) in [6.07, 6.45) is 0.259. The number of rotatable bonds is 11. The van der Waals surface area contributed by atoms with Crippen molar-refractivity contribution in [3.05, 3.63) is 66.2 Å². The summed E-state index contributed by atoms with van der Waals surface area (Å²) in [4.78, 5) is 53.0. The maximum atomic E-state index is 13.8. The van der Waals surface area contributed by atoms with Gasteiger partial charge in [0.1, 0.15) is 23.4 Å².